The monoisotopic (exact) mass is 384 g/mol. The van der Waals surface area contributed by atoms with Gasteiger partial charge in [0, 0.05) is 31.5 Å². The molecular weight excluding hydrogens is 358 g/mol. The zero-order valence-electron chi connectivity index (χ0n) is 15.8. The van der Waals surface area contributed by atoms with E-state index in [9.17, 15) is 23.2 Å². The smallest absolute Gasteiger partial charge is 0.305 e. The fourth-order valence-corrected chi connectivity index (χ4v) is 2.25. The topological polar surface area (TPSA) is 86.7 Å². The zero-order chi connectivity index (χ0) is 20.6. The second-order valence-electron chi connectivity index (χ2n) is 7.32. The largest absolute Gasteiger partial charge is 0.481 e. The minimum absolute atomic E-state index is 0.0162. The Balaban J connectivity index is 2.63. The van der Waals surface area contributed by atoms with E-state index >= 15 is 0 Å². The maximum atomic E-state index is 13.4. The number of carbonyl (C=O) groups is 3. The standard InChI is InChI=1S/C19H26F2N2O4/c1-19(2,3)18(27)22-9-4-5-16(24)23(10-8-17(25)26)12-13-6-7-14(20)15(21)11-13/h6-7,11H,4-5,8-10,12H2,1-3H3,(H,22,27)(H,25,26). The fourth-order valence-electron chi connectivity index (χ4n) is 2.25. The van der Waals surface area contributed by atoms with Gasteiger partial charge in [0.1, 0.15) is 0 Å². The Morgan fingerprint density at radius 1 is 1.11 bits per heavy atom. The third-order valence-corrected chi connectivity index (χ3v) is 3.84. The molecule has 27 heavy (non-hydrogen) atoms. The highest BCUT2D eigenvalue weighted by molar-refractivity contribution is 5.81. The van der Waals surface area contributed by atoms with Gasteiger partial charge in [-0.05, 0) is 24.1 Å². The SMILES string of the molecule is CC(C)(C)C(=O)NCCCC(=O)N(CCC(=O)O)Cc1ccc(F)c(F)c1. The molecule has 0 saturated carbocycles. The molecule has 0 heterocycles. The highest BCUT2D eigenvalue weighted by Gasteiger charge is 2.21. The van der Waals surface area contributed by atoms with Crippen molar-refractivity contribution in [1.29, 1.82) is 0 Å². The van der Waals surface area contributed by atoms with Gasteiger partial charge >= 0.3 is 5.97 Å². The summed E-state index contributed by atoms with van der Waals surface area (Å²) < 4.78 is 26.4. The molecule has 8 heteroatoms. The third-order valence-electron chi connectivity index (χ3n) is 3.84. The van der Waals surface area contributed by atoms with E-state index in [0.717, 1.165) is 12.1 Å². The molecule has 0 fully saturated rings. The number of amides is 2. The summed E-state index contributed by atoms with van der Waals surface area (Å²) in [5, 5.41) is 11.6. The van der Waals surface area contributed by atoms with E-state index in [2.05, 4.69) is 5.32 Å². The maximum absolute atomic E-state index is 13.4. The van der Waals surface area contributed by atoms with Gasteiger partial charge in [0.15, 0.2) is 11.6 Å². The number of halogens is 2. The first kappa shape index (κ1) is 22.5. The number of rotatable bonds is 9. The van der Waals surface area contributed by atoms with E-state index in [1.54, 1.807) is 20.8 Å². The number of nitrogens with zero attached hydrogens (tertiary/aromatic N) is 1. The molecule has 0 aromatic heterocycles. The van der Waals surface area contributed by atoms with Crippen LogP contribution in [0.25, 0.3) is 0 Å². The molecule has 0 unspecified atom stereocenters. The first-order chi connectivity index (χ1) is 12.5. The summed E-state index contributed by atoms with van der Waals surface area (Å²) in [6, 6.07) is 3.30. The van der Waals surface area contributed by atoms with Crippen molar-refractivity contribution >= 4 is 17.8 Å². The summed E-state index contributed by atoms with van der Waals surface area (Å²) in [5.74, 6) is -3.51. The van der Waals surface area contributed by atoms with Crippen LogP contribution < -0.4 is 5.32 Å². The molecule has 150 valence electrons. The zero-order valence-corrected chi connectivity index (χ0v) is 15.8. The minimum Gasteiger partial charge on any atom is -0.481 e. The molecule has 1 aromatic rings. The average Bonchev–Trinajstić information content (AvgIpc) is 2.57. The first-order valence-electron chi connectivity index (χ1n) is 8.72. The summed E-state index contributed by atoms with van der Waals surface area (Å²) in [5.41, 5.74) is -0.154. The van der Waals surface area contributed by atoms with Crippen LogP contribution >= 0.6 is 0 Å². The Morgan fingerprint density at radius 2 is 1.78 bits per heavy atom. The van der Waals surface area contributed by atoms with Gasteiger partial charge in [-0.25, -0.2) is 8.78 Å². The van der Waals surface area contributed by atoms with Gasteiger partial charge < -0.3 is 15.3 Å². The first-order valence-corrected chi connectivity index (χ1v) is 8.72. The summed E-state index contributed by atoms with van der Waals surface area (Å²) in [6.45, 7) is 5.60. The van der Waals surface area contributed by atoms with Crippen molar-refractivity contribution in [2.45, 2.75) is 46.6 Å². The van der Waals surface area contributed by atoms with Gasteiger partial charge in [0.2, 0.25) is 11.8 Å². The summed E-state index contributed by atoms with van der Waals surface area (Å²) in [7, 11) is 0. The van der Waals surface area contributed by atoms with E-state index in [1.807, 2.05) is 0 Å². The lowest BCUT2D eigenvalue weighted by atomic mass is 9.96. The molecule has 0 radical (unpaired) electrons. The molecule has 0 aliphatic heterocycles. The van der Waals surface area contributed by atoms with E-state index in [1.165, 1.54) is 11.0 Å². The number of aliphatic carboxylic acids is 1. The number of carboxylic acid groups (broad SMARTS) is 1. The molecule has 2 N–H and O–H groups in total. The average molecular weight is 384 g/mol. The number of carbonyl (C=O) groups excluding carboxylic acids is 2. The molecular formula is C19H26F2N2O4. The van der Waals surface area contributed by atoms with Gasteiger partial charge in [0.05, 0.1) is 6.42 Å². The highest BCUT2D eigenvalue weighted by Crippen LogP contribution is 2.14. The number of carboxylic acids is 1. The molecule has 1 rings (SSSR count). The van der Waals surface area contributed by atoms with Crippen LogP contribution in [0.4, 0.5) is 8.78 Å². The fraction of sp³-hybridized carbons (Fsp3) is 0.526. The van der Waals surface area contributed by atoms with Crippen LogP contribution in [0, 0.1) is 17.0 Å². The van der Waals surface area contributed by atoms with Crippen molar-refractivity contribution in [3.05, 3.63) is 35.4 Å². The van der Waals surface area contributed by atoms with Gasteiger partial charge in [-0.3, -0.25) is 14.4 Å². The summed E-state index contributed by atoms with van der Waals surface area (Å²) in [6.07, 6.45) is 0.242. The predicted molar refractivity (Wildman–Crippen MR) is 95.7 cm³/mol. The maximum Gasteiger partial charge on any atom is 0.305 e. The van der Waals surface area contributed by atoms with Gasteiger partial charge in [-0.15, -0.1) is 0 Å². The molecule has 6 nitrogen and oxygen atoms in total. The van der Waals surface area contributed by atoms with Crippen LogP contribution in [0.2, 0.25) is 0 Å². The molecule has 0 spiro atoms. The third kappa shape index (κ3) is 8.15. The molecule has 0 aliphatic carbocycles. The number of benzene rings is 1. The normalized spacial score (nSPS) is 11.1. The Labute approximate surface area is 157 Å². The van der Waals surface area contributed by atoms with Crippen LogP contribution in [0.1, 0.15) is 45.6 Å². The Bertz CT molecular complexity index is 687. The van der Waals surface area contributed by atoms with E-state index in [4.69, 9.17) is 5.11 Å². The van der Waals surface area contributed by atoms with Crippen LogP contribution in [-0.2, 0) is 20.9 Å². The molecule has 1 aromatic carbocycles. The van der Waals surface area contributed by atoms with E-state index in [0.29, 0.717) is 18.5 Å². The second-order valence-corrected chi connectivity index (χ2v) is 7.32. The molecule has 0 atom stereocenters. The van der Waals surface area contributed by atoms with Crippen molar-refractivity contribution < 1.29 is 28.3 Å². The second kappa shape index (κ2) is 9.99. The number of nitrogens with one attached hydrogen (secondary N) is 1. The van der Waals surface area contributed by atoms with Crippen molar-refractivity contribution in [2.75, 3.05) is 13.1 Å². The summed E-state index contributed by atoms with van der Waals surface area (Å²) in [4.78, 5) is 36.3. The number of hydrogen-bond donors (Lipinski definition) is 2. The van der Waals surface area contributed by atoms with Crippen LogP contribution in [0.3, 0.4) is 0 Å². The lowest BCUT2D eigenvalue weighted by Crippen LogP contribution is -2.36. The van der Waals surface area contributed by atoms with Gasteiger partial charge in [0.25, 0.3) is 0 Å². The van der Waals surface area contributed by atoms with Crippen LogP contribution in [0.5, 0.6) is 0 Å². The van der Waals surface area contributed by atoms with E-state index < -0.39 is 23.0 Å². The lowest BCUT2D eigenvalue weighted by molar-refractivity contribution is -0.139. The van der Waals surface area contributed by atoms with Crippen molar-refractivity contribution in [2.24, 2.45) is 5.41 Å². The van der Waals surface area contributed by atoms with Gasteiger partial charge in [-0.2, -0.15) is 0 Å². The minimum atomic E-state index is -1.06. The van der Waals surface area contributed by atoms with Crippen molar-refractivity contribution in [3.63, 3.8) is 0 Å². The van der Waals surface area contributed by atoms with E-state index in [-0.39, 0.29) is 37.7 Å². The molecule has 0 aliphatic rings. The van der Waals surface area contributed by atoms with Crippen molar-refractivity contribution in [3.8, 4) is 0 Å². The molecule has 2 amide bonds. The molecule has 0 saturated heterocycles. The lowest BCUT2D eigenvalue weighted by Gasteiger charge is -2.23. The number of hydrogen-bond acceptors (Lipinski definition) is 3. The van der Waals surface area contributed by atoms with Gasteiger partial charge in [-0.1, -0.05) is 26.8 Å². The summed E-state index contributed by atoms with van der Waals surface area (Å²) >= 11 is 0. The van der Waals surface area contributed by atoms with Crippen LogP contribution in [0.15, 0.2) is 18.2 Å². The highest BCUT2D eigenvalue weighted by atomic mass is 19.2. The quantitative estimate of drug-likeness (QED) is 0.641. The Kier molecular flexibility index (Phi) is 8.33. The Hall–Kier alpha value is -2.51. The van der Waals surface area contributed by atoms with Crippen molar-refractivity contribution in [1.82, 2.24) is 10.2 Å². The predicted octanol–water partition coefficient (Wildman–Crippen LogP) is 2.71. The van der Waals surface area contributed by atoms with Crippen LogP contribution in [-0.4, -0.2) is 40.9 Å². The molecule has 0 bridgehead atoms. The Morgan fingerprint density at radius 3 is 2.33 bits per heavy atom.